The van der Waals surface area contributed by atoms with Crippen LogP contribution in [0, 0.1) is 0 Å². The van der Waals surface area contributed by atoms with Crippen LogP contribution in [0.5, 0.6) is 0 Å². The van der Waals surface area contributed by atoms with Crippen molar-refractivity contribution in [3.8, 4) is 0 Å². The van der Waals surface area contributed by atoms with Crippen LogP contribution in [-0.4, -0.2) is 4.98 Å². The average Bonchev–Trinajstić information content (AvgIpc) is 2.50. The van der Waals surface area contributed by atoms with Gasteiger partial charge in [0, 0.05) is 6.20 Å². The minimum Gasteiger partial charge on any atom is -0.271 e. The standard InChI is InChI=1S/C16H14ClN3/c17-12-8-9-15(19-10-12)16(20-18)14-7-3-5-11-4-1-2-6-13(11)14/h1-10,16,20H,18H2. The number of benzene rings is 2. The zero-order valence-electron chi connectivity index (χ0n) is 10.8. The number of halogens is 1. The van der Waals surface area contributed by atoms with Gasteiger partial charge in [0.2, 0.25) is 0 Å². The Bertz CT molecular complexity index is 720. The summed E-state index contributed by atoms with van der Waals surface area (Å²) in [5, 5.41) is 2.95. The minimum absolute atomic E-state index is 0.168. The van der Waals surface area contributed by atoms with E-state index < -0.39 is 0 Å². The van der Waals surface area contributed by atoms with Crippen molar-refractivity contribution in [2.45, 2.75) is 6.04 Å². The lowest BCUT2D eigenvalue weighted by molar-refractivity contribution is 0.624. The van der Waals surface area contributed by atoms with Crippen LogP contribution < -0.4 is 11.3 Å². The molecule has 1 unspecified atom stereocenters. The average molecular weight is 284 g/mol. The van der Waals surface area contributed by atoms with Crippen LogP contribution in [0.3, 0.4) is 0 Å². The number of nitrogens with one attached hydrogen (secondary N) is 1. The van der Waals surface area contributed by atoms with Crippen molar-refractivity contribution in [1.29, 1.82) is 0 Å². The number of hydrazine groups is 1. The molecular formula is C16H14ClN3. The summed E-state index contributed by atoms with van der Waals surface area (Å²) >= 11 is 5.89. The minimum atomic E-state index is -0.168. The third kappa shape index (κ3) is 2.39. The lowest BCUT2D eigenvalue weighted by Crippen LogP contribution is -2.29. The molecule has 1 heterocycles. The van der Waals surface area contributed by atoms with E-state index >= 15 is 0 Å². The van der Waals surface area contributed by atoms with Crippen molar-refractivity contribution in [1.82, 2.24) is 10.4 Å². The summed E-state index contributed by atoms with van der Waals surface area (Å²) in [7, 11) is 0. The second-order valence-corrected chi connectivity index (χ2v) is 5.01. The van der Waals surface area contributed by atoms with Gasteiger partial charge in [-0.15, -0.1) is 0 Å². The van der Waals surface area contributed by atoms with Gasteiger partial charge in [-0.05, 0) is 28.5 Å². The number of fused-ring (bicyclic) bond motifs is 1. The third-order valence-electron chi connectivity index (χ3n) is 3.35. The summed E-state index contributed by atoms with van der Waals surface area (Å²) in [4.78, 5) is 4.36. The molecule has 0 spiro atoms. The first-order valence-corrected chi connectivity index (χ1v) is 6.72. The molecule has 0 bridgehead atoms. The van der Waals surface area contributed by atoms with Gasteiger partial charge in [-0.3, -0.25) is 10.8 Å². The first-order valence-electron chi connectivity index (χ1n) is 6.35. The Balaban J connectivity index is 2.14. The van der Waals surface area contributed by atoms with E-state index in [-0.39, 0.29) is 6.04 Å². The molecule has 0 aliphatic rings. The fraction of sp³-hybridized carbons (Fsp3) is 0.0625. The van der Waals surface area contributed by atoms with Crippen LogP contribution in [0.4, 0.5) is 0 Å². The maximum absolute atomic E-state index is 5.89. The number of hydrogen-bond acceptors (Lipinski definition) is 3. The highest BCUT2D eigenvalue weighted by Crippen LogP contribution is 2.27. The summed E-state index contributed by atoms with van der Waals surface area (Å²) in [6.45, 7) is 0. The van der Waals surface area contributed by atoms with E-state index in [1.807, 2.05) is 30.3 Å². The fourth-order valence-corrected chi connectivity index (χ4v) is 2.51. The van der Waals surface area contributed by atoms with Crippen LogP contribution in [0.15, 0.2) is 60.8 Å². The van der Waals surface area contributed by atoms with Crippen LogP contribution in [0.2, 0.25) is 5.02 Å². The van der Waals surface area contributed by atoms with Gasteiger partial charge in [-0.25, -0.2) is 5.43 Å². The van der Waals surface area contributed by atoms with Crippen molar-refractivity contribution < 1.29 is 0 Å². The number of aromatic nitrogens is 1. The molecule has 3 rings (SSSR count). The van der Waals surface area contributed by atoms with Crippen molar-refractivity contribution in [3.05, 3.63) is 77.1 Å². The zero-order chi connectivity index (χ0) is 13.9. The highest BCUT2D eigenvalue weighted by atomic mass is 35.5. The van der Waals surface area contributed by atoms with E-state index in [2.05, 4.69) is 34.7 Å². The Hall–Kier alpha value is -1.94. The van der Waals surface area contributed by atoms with Gasteiger partial charge < -0.3 is 0 Å². The number of nitrogens with two attached hydrogens (primary N) is 1. The Morgan fingerprint density at radius 1 is 1.00 bits per heavy atom. The summed E-state index contributed by atoms with van der Waals surface area (Å²) in [6.07, 6.45) is 1.63. The van der Waals surface area contributed by atoms with E-state index in [1.54, 1.807) is 6.20 Å². The molecule has 0 radical (unpaired) electrons. The Morgan fingerprint density at radius 3 is 2.55 bits per heavy atom. The van der Waals surface area contributed by atoms with Crippen LogP contribution in [-0.2, 0) is 0 Å². The van der Waals surface area contributed by atoms with Gasteiger partial charge in [0.1, 0.15) is 0 Å². The molecule has 0 aliphatic heterocycles. The number of pyridine rings is 1. The largest absolute Gasteiger partial charge is 0.271 e. The third-order valence-corrected chi connectivity index (χ3v) is 3.57. The normalized spacial score (nSPS) is 12.5. The molecule has 100 valence electrons. The number of nitrogens with zero attached hydrogens (tertiary/aromatic N) is 1. The zero-order valence-corrected chi connectivity index (χ0v) is 11.5. The smallest absolute Gasteiger partial charge is 0.0887 e. The molecule has 0 fully saturated rings. The molecule has 0 amide bonds. The number of hydrogen-bond donors (Lipinski definition) is 2. The van der Waals surface area contributed by atoms with Crippen molar-refractivity contribution >= 4 is 22.4 Å². The summed E-state index contributed by atoms with van der Waals surface area (Å²) in [6, 6.07) is 17.9. The van der Waals surface area contributed by atoms with E-state index in [9.17, 15) is 0 Å². The van der Waals surface area contributed by atoms with Crippen LogP contribution >= 0.6 is 11.6 Å². The van der Waals surface area contributed by atoms with E-state index in [0.717, 1.165) is 16.6 Å². The topological polar surface area (TPSA) is 50.9 Å². The molecule has 3 aromatic rings. The molecule has 3 nitrogen and oxygen atoms in total. The summed E-state index contributed by atoms with van der Waals surface area (Å²) < 4.78 is 0. The second-order valence-electron chi connectivity index (χ2n) is 4.57. The maximum Gasteiger partial charge on any atom is 0.0887 e. The van der Waals surface area contributed by atoms with E-state index in [0.29, 0.717) is 5.02 Å². The molecule has 0 aliphatic carbocycles. The molecule has 20 heavy (non-hydrogen) atoms. The molecule has 0 saturated carbocycles. The predicted octanol–water partition coefficient (Wildman–Crippen LogP) is 3.44. The Morgan fingerprint density at radius 2 is 1.80 bits per heavy atom. The highest BCUT2D eigenvalue weighted by molar-refractivity contribution is 6.30. The van der Waals surface area contributed by atoms with E-state index in [1.165, 1.54) is 5.39 Å². The SMILES string of the molecule is NNC(c1ccc(Cl)cn1)c1cccc2ccccc12. The van der Waals surface area contributed by atoms with E-state index in [4.69, 9.17) is 17.4 Å². The molecule has 1 aromatic heterocycles. The molecule has 4 heteroatoms. The lowest BCUT2D eigenvalue weighted by Gasteiger charge is -2.18. The first kappa shape index (κ1) is 13.1. The van der Waals surface area contributed by atoms with Crippen LogP contribution in [0.1, 0.15) is 17.3 Å². The molecule has 2 aromatic carbocycles. The quantitative estimate of drug-likeness (QED) is 0.572. The van der Waals surface area contributed by atoms with Crippen molar-refractivity contribution in [3.63, 3.8) is 0 Å². The summed E-state index contributed by atoms with van der Waals surface area (Å²) in [5.41, 5.74) is 4.78. The second kappa shape index (κ2) is 5.59. The van der Waals surface area contributed by atoms with Gasteiger partial charge in [0.25, 0.3) is 0 Å². The van der Waals surface area contributed by atoms with Gasteiger partial charge in [0.15, 0.2) is 0 Å². The monoisotopic (exact) mass is 283 g/mol. The first-order chi connectivity index (χ1) is 9.79. The molecular weight excluding hydrogens is 270 g/mol. The van der Waals surface area contributed by atoms with Gasteiger partial charge in [-0.2, -0.15) is 0 Å². The maximum atomic E-state index is 5.89. The summed E-state index contributed by atoms with van der Waals surface area (Å²) in [5.74, 6) is 5.74. The van der Waals surface area contributed by atoms with Gasteiger partial charge >= 0.3 is 0 Å². The van der Waals surface area contributed by atoms with Crippen molar-refractivity contribution in [2.24, 2.45) is 5.84 Å². The fourth-order valence-electron chi connectivity index (χ4n) is 2.39. The Kier molecular flexibility index (Phi) is 3.65. The molecule has 0 saturated heterocycles. The predicted molar refractivity (Wildman–Crippen MR) is 82.4 cm³/mol. The number of rotatable bonds is 3. The molecule has 1 atom stereocenters. The Labute approximate surface area is 122 Å². The van der Waals surface area contributed by atoms with Crippen LogP contribution in [0.25, 0.3) is 10.8 Å². The van der Waals surface area contributed by atoms with Gasteiger partial charge in [-0.1, -0.05) is 54.1 Å². The molecule has 3 N–H and O–H groups in total. The van der Waals surface area contributed by atoms with Crippen molar-refractivity contribution in [2.75, 3.05) is 0 Å². The highest BCUT2D eigenvalue weighted by Gasteiger charge is 2.16. The lowest BCUT2D eigenvalue weighted by atomic mass is 9.97. The van der Waals surface area contributed by atoms with Gasteiger partial charge in [0.05, 0.1) is 16.8 Å².